The van der Waals surface area contributed by atoms with Gasteiger partial charge in [0, 0.05) is 32.4 Å². The normalized spacial score (nSPS) is 10.4. The van der Waals surface area contributed by atoms with Crippen LogP contribution in [0.15, 0.2) is 24.8 Å². The van der Waals surface area contributed by atoms with Crippen molar-refractivity contribution >= 4 is 51.6 Å². The molecule has 0 radical (unpaired) electrons. The minimum absolute atomic E-state index is 0.0258. The number of hydrogen-bond donors (Lipinski definition) is 1. The lowest BCUT2D eigenvalue weighted by molar-refractivity contribution is -0.391. The average molecular weight is 605 g/mol. The molecule has 5 rings (SSSR count). The fourth-order valence-corrected chi connectivity index (χ4v) is 5.05. The number of anilines is 1. The van der Waals surface area contributed by atoms with Gasteiger partial charge in [-0.05, 0) is 37.8 Å². The molecule has 16 heteroatoms. The van der Waals surface area contributed by atoms with Gasteiger partial charge in [0.2, 0.25) is 0 Å². The smallest absolute Gasteiger partial charge is 0.373 e. The third kappa shape index (κ3) is 5.90. The molecule has 5 aromatic rings. The first kappa shape index (κ1) is 32.7. The van der Waals surface area contributed by atoms with Crippen molar-refractivity contribution in [2.75, 3.05) is 12.3 Å². The van der Waals surface area contributed by atoms with Crippen molar-refractivity contribution in [2.45, 2.75) is 47.2 Å². The Kier molecular flexibility index (Phi) is 10.3. The number of hydrogen-bond acceptors (Lipinski definition) is 10. The van der Waals surface area contributed by atoms with Crippen molar-refractivity contribution < 1.29 is 24.0 Å². The van der Waals surface area contributed by atoms with Crippen molar-refractivity contribution in [1.29, 1.82) is 0 Å². The summed E-state index contributed by atoms with van der Waals surface area (Å²) in [7, 11) is 3.62. The number of pyridine rings is 1. The van der Waals surface area contributed by atoms with E-state index in [4.69, 9.17) is 26.6 Å². The topological polar surface area (TPSA) is 192 Å². The highest BCUT2D eigenvalue weighted by Gasteiger charge is 2.28. The van der Waals surface area contributed by atoms with Gasteiger partial charge in [0.05, 0.1) is 36.3 Å². The lowest BCUT2D eigenvalue weighted by Gasteiger charge is -2.07. The van der Waals surface area contributed by atoms with E-state index in [9.17, 15) is 14.9 Å². The Morgan fingerprint density at radius 3 is 2.27 bits per heavy atom. The zero-order valence-electron chi connectivity index (χ0n) is 25.2. The van der Waals surface area contributed by atoms with E-state index < -0.39 is 4.92 Å². The summed E-state index contributed by atoms with van der Waals surface area (Å²) in [5.41, 5.74) is 10.5. The van der Waals surface area contributed by atoms with Crippen molar-refractivity contribution in [3.63, 3.8) is 0 Å². The van der Waals surface area contributed by atoms with Gasteiger partial charge in [0.15, 0.2) is 12.1 Å². The van der Waals surface area contributed by atoms with Crippen molar-refractivity contribution in [1.82, 2.24) is 33.2 Å². The van der Waals surface area contributed by atoms with E-state index in [1.807, 2.05) is 37.0 Å². The quantitative estimate of drug-likeness (QED) is 0.123. The number of rotatable bonds is 7. The molecule has 0 saturated carbocycles. The van der Waals surface area contributed by atoms with Gasteiger partial charge in [-0.3, -0.25) is 0 Å². The molecule has 2 N–H and O–H groups in total. The van der Waals surface area contributed by atoms with Crippen molar-refractivity contribution in [3.05, 3.63) is 57.7 Å². The van der Waals surface area contributed by atoms with Gasteiger partial charge in [0.25, 0.3) is 5.82 Å². The lowest BCUT2D eigenvalue weighted by Crippen LogP contribution is -2.11. The molecule has 0 aliphatic rings. The number of esters is 1. The second-order valence-electron chi connectivity index (χ2n) is 9.23. The lowest BCUT2D eigenvalue weighted by atomic mass is 10.2. The Morgan fingerprint density at radius 1 is 1.09 bits per heavy atom. The summed E-state index contributed by atoms with van der Waals surface area (Å²) >= 11 is 0. The first-order valence-corrected chi connectivity index (χ1v) is 13.6. The van der Waals surface area contributed by atoms with Crippen molar-refractivity contribution in [3.8, 4) is 11.3 Å². The minimum Gasteiger partial charge on any atom is -0.461 e. The van der Waals surface area contributed by atoms with Crippen LogP contribution >= 0.6 is 0 Å². The molecule has 0 aliphatic carbocycles. The molecule has 0 bridgehead atoms. The number of fused-ring (bicyclic) bond motifs is 3. The predicted octanol–water partition coefficient (Wildman–Crippen LogP) is 4.05. The summed E-state index contributed by atoms with van der Waals surface area (Å²) in [6, 6.07) is 3.58. The summed E-state index contributed by atoms with van der Waals surface area (Å²) < 4.78 is 12.1. The van der Waals surface area contributed by atoms with Crippen molar-refractivity contribution in [2.24, 2.45) is 14.1 Å². The fraction of sp³-hybridized carbons (Fsp3) is 0.357. The largest absolute Gasteiger partial charge is 0.461 e. The SMILES string of the molecule is CCOC(=O)c1cc2c3c(ncn3C)c(N)nc2n1CC.O=C=O.[C-]#[N+]c1ncn(C)c1-c1cc(CC)n(CC)c1[N+](=O)[O-]. The fourth-order valence-electron chi connectivity index (χ4n) is 5.05. The van der Waals surface area contributed by atoms with Crippen LogP contribution < -0.4 is 5.73 Å². The van der Waals surface area contributed by atoms with Crippen LogP contribution in [-0.2, 0) is 47.9 Å². The van der Waals surface area contributed by atoms with Crippen LogP contribution in [0.5, 0.6) is 0 Å². The molecule has 0 aliphatic heterocycles. The second-order valence-corrected chi connectivity index (χ2v) is 9.23. The summed E-state index contributed by atoms with van der Waals surface area (Å²) in [4.78, 5) is 55.4. The Labute approximate surface area is 251 Å². The summed E-state index contributed by atoms with van der Waals surface area (Å²) in [6.45, 7) is 16.2. The zero-order valence-corrected chi connectivity index (χ0v) is 25.2. The van der Waals surface area contributed by atoms with Gasteiger partial charge in [-0.25, -0.2) is 19.3 Å². The molecule has 5 aromatic heterocycles. The first-order chi connectivity index (χ1) is 21.0. The molecule has 0 aromatic carbocycles. The molecule has 44 heavy (non-hydrogen) atoms. The van der Waals surface area contributed by atoms with E-state index in [2.05, 4.69) is 19.8 Å². The van der Waals surface area contributed by atoms with E-state index in [0.717, 1.165) is 16.6 Å². The average Bonchev–Trinajstić information content (AvgIpc) is 3.76. The number of carbonyl (C=O) groups is 1. The highest BCUT2D eigenvalue weighted by atomic mass is 16.6. The number of nitrogen functional groups attached to an aromatic ring is 1. The molecule has 16 nitrogen and oxygen atoms in total. The van der Waals surface area contributed by atoms with Crippen LogP contribution in [0.1, 0.15) is 43.9 Å². The van der Waals surface area contributed by atoms with Gasteiger partial charge in [-0.15, -0.1) is 4.98 Å². The number of aryl methyl sites for hydroxylation is 4. The monoisotopic (exact) mass is 604 g/mol. The van der Waals surface area contributed by atoms with Gasteiger partial charge in [-0.1, -0.05) is 13.5 Å². The number of nitro groups is 1. The number of nitrogens with zero attached hydrogens (tertiary/aromatic N) is 9. The predicted molar refractivity (Wildman–Crippen MR) is 160 cm³/mol. The molecular formula is C28H32N10O6. The second kappa shape index (κ2) is 13.9. The van der Waals surface area contributed by atoms with E-state index in [0.29, 0.717) is 60.1 Å². The Hall–Kier alpha value is -5.81. The number of imidazole rings is 2. The minimum atomic E-state index is -0.390. The van der Waals surface area contributed by atoms with Crippen LogP contribution in [0.25, 0.3) is 38.2 Å². The molecular weight excluding hydrogens is 572 g/mol. The van der Waals surface area contributed by atoms with Crippen LogP contribution in [0.3, 0.4) is 0 Å². The van der Waals surface area contributed by atoms with Crippen LogP contribution in [0.2, 0.25) is 0 Å². The van der Waals surface area contributed by atoms with Gasteiger partial charge < -0.3 is 39.1 Å². The van der Waals surface area contributed by atoms with Gasteiger partial charge in [-0.2, -0.15) is 9.59 Å². The molecule has 0 saturated heterocycles. The highest BCUT2D eigenvalue weighted by molar-refractivity contribution is 6.08. The Morgan fingerprint density at radius 2 is 1.73 bits per heavy atom. The molecule has 0 unspecified atom stereocenters. The number of aromatic nitrogens is 7. The maximum Gasteiger partial charge on any atom is 0.373 e. The number of carbonyl (C=O) groups excluding carboxylic acids is 3. The maximum absolute atomic E-state index is 12.1. The number of nitrogens with two attached hydrogens (primary N) is 1. The molecule has 0 fully saturated rings. The van der Waals surface area contributed by atoms with Crippen LogP contribution in [0, 0.1) is 16.7 Å². The van der Waals surface area contributed by atoms with Crippen LogP contribution in [0.4, 0.5) is 17.5 Å². The third-order valence-electron chi connectivity index (χ3n) is 6.81. The number of ether oxygens (including phenoxy) is 1. The summed E-state index contributed by atoms with van der Waals surface area (Å²) in [5.74, 6) is 0.219. The van der Waals surface area contributed by atoms with Gasteiger partial charge in [0.1, 0.15) is 22.6 Å². The highest BCUT2D eigenvalue weighted by Crippen LogP contribution is 2.38. The molecule has 0 spiro atoms. The standard InChI is InChI=1S/C14H17N5O2.C13H15N5O2.CO2/c1-4-19-9(14(20)21-5-2)6-8-11-10(16-7-18(11)3)12(15)17-13(8)19;1-5-9-7-10(13(18(19)20)17(9)6-2)11-12(14-3)15-8-16(11)4;2-1-3/h6-7H,4-5H2,1-3H3,(H2,15,17);7-8H,5-6H2,1-2,4H3;. The van der Waals surface area contributed by atoms with Gasteiger partial charge >= 0.3 is 17.9 Å². The van der Waals surface area contributed by atoms with E-state index in [1.165, 1.54) is 6.33 Å². The molecule has 0 amide bonds. The summed E-state index contributed by atoms with van der Waals surface area (Å²) in [6.07, 6.45) is 4.14. The Balaban J connectivity index is 0.000000221. The molecule has 0 atom stereocenters. The molecule has 230 valence electrons. The third-order valence-corrected chi connectivity index (χ3v) is 6.81. The first-order valence-electron chi connectivity index (χ1n) is 13.6. The maximum atomic E-state index is 12.1. The Bertz CT molecular complexity index is 1910. The van der Waals surface area contributed by atoms with Crippen LogP contribution in [-0.4, -0.2) is 56.9 Å². The van der Waals surface area contributed by atoms with E-state index in [-0.39, 0.29) is 23.8 Å². The zero-order chi connectivity index (χ0) is 32.7. The van der Waals surface area contributed by atoms with E-state index >= 15 is 0 Å². The summed E-state index contributed by atoms with van der Waals surface area (Å²) in [5, 5.41) is 12.3. The molecule has 5 heterocycles. The van der Waals surface area contributed by atoms with E-state index in [1.54, 1.807) is 41.6 Å².